The minimum absolute atomic E-state index is 0.0474. The first-order valence-electron chi connectivity index (χ1n) is 10.7. The zero-order valence-electron chi connectivity index (χ0n) is 20.5. The average Bonchev–Trinajstić information content (AvgIpc) is 2.81. The molecular weight excluding hydrogens is 432 g/mol. The topological polar surface area (TPSA) is 78.9 Å². The van der Waals surface area contributed by atoms with Crippen LogP contribution in [-0.4, -0.2) is 46.9 Å². The smallest absolute Gasteiger partial charge is 0.297 e. The lowest BCUT2D eigenvalue weighted by Gasteiger charge is -2.45. The van der Waals surface area contributed by atoms with E-state index in [1.54, 1.807) is 19.1 Å². The van der Waals surface area contributed by atoms with Gasteiger partial charge in [-0.25, -0.2) is 0 Å². The molecule has 1 saturated heterocycles. The van der Waals surface area contributed by atoms with Gasteiger partial charge in [0, 0.05) is 0 Å². The molecule has 6 nitrogen and oxygen atoms in total. The van der Waals surface area contributed by atoms with Gasteiger partial charge in [0.1, 0.15) is 11.4 Å². The normalized spacial score (nSPS) is 29.9. The van der Waals surface area contributed by atoms with Gasteiger partial charge < -0.3 is 9.16 Å². The molecule has 0 aromatic heterocycles. The van der Waals surface area contributed by atoms with Gasteiger partial charge in [0.05, 0.1) is 29.1 Å². The van der Waals surface area contributed by atoms with Crippen LogP contribution in [0.15, 0.2) is 29.2 Å². The second-order valence-electron chi connectivity index (χ2n) is 10.7. The molecule has 4 atom stereocenters. The van der Waals surface area contributed by atoms with Gasteiger partial charge in [-0.05, 0) is 64.9 Å². The monoisotopic (exact) mass is 470 g/mol. The Morgan fingerprint density at radius 3 is 2.13 bits per heavy atom. The van der Waals surface area contributed by atoms with Crippen molar-refractivity contribution in [3.63, 3.8) is 0 Å². The largest absolute Gasteiger partial charge is 0.410 e. The molecule has 1 heterocycles. The number of aryl methyl sites for hydroxylation is 1. The molecule has 0 spiro atoms. The van der Waals surface area contributed by atoms with Gasteiger partial charge >= 0.3 is 0 Å². The number of carbonyl (C=O) groups is 1. The highest BCUT2D eigenvalue weighted by Crippen LogP contribution is 2.50. The molecule has 0 N–H and O–H groups in total. The van der Waals surface area contributed by atoms with E-state index in [-0.39, 0.29) is 22.3 Å². The number of ether oxygens (including phenoxy) is 1. The molecule has 8 heteroatoms. The van der Waals surface area contributed by atoms with Crippen LogP contribution in [0.4, 0.5) is 0 Å². The fraction of sp³-hybridized carbons (Fsp3) is 0.696. The summed E-state index contributed by atoms with van der Waals surface area (Å²) in [6.45, 7) is 19.2. The maximum atomic E-state index is 12.8. The quantitative estimate of drug-likeness (QED) is 0.418. The van der Waals surface area contributed by atoms with Crippen molar-refractivity contribution in [3.8, 4) is 0 Å². The summed E-state index contributed by atoms with van der Waals surface area (Å²) in [5, 5.41) is -0.0910. The second-order valence-corrected chi connectivity index (χ2v) is 17.1. The van der Waals surface area contributed by atoms with Gasteiger partial charge in [-0.3, -0.25) is 8.98 Å². The van der Waals surface area contributed by atoms with E-state index in [1.165, 1.54) is 19.1 Å². The van der Waals surface area contributed by atoms with Crippen LogP contribution in [0, 0.1) is 12.3 Å². The molecule has 0 unspecified atom stereocenters. The number of ketones is 1. The molecule has 1 aliphatic rings. The standard InChI is InChI=1S/C23H38O6SSi/c1-16-11-13-19(14-12-16)30(25,26)27-15-22(7)20(29-31(9,10)21(4,5)6)23(8,17(2)24)18(3)28-22/h11-14,18,20H,15H2,1-10H3/t18-,20+,22+,23+/m0/s1. The Balaban J connectivity index is 2.40. The van der Waals surface area contributed by atoms with Gasteiger partial charge in [0.2, 0.25) is 0 Å². The van der Waals surface area contributed by atoms with E-state index in [2.05, 4.69) is 33.9 Å². The Morgan fingerprint density at radius 2 is 1.68 bits per heavy atom. The molecule has 0 saturated carbocycles. The summed E-state index contributed by atoms with van der Waals surface area (Å²) in [5.41, 5.74) is -1.06. The molecule has 0 bridgehead atoms. The molecule has 1 aromatic rings. The van der Waals surface area contributed by atoms with Crippen molar-refractivity contribution in [2.24, 2.45) is 5.41 Å². The fourth-order valence-electron chi connectivity index (χ4n) is 3.70. The summed E-state index contributed by atoms with van der Waals surface area (Å²) in [4.78, 5) is 12.8. The van der Waals surface area contributed by atoms with E-state index in [0.717, 1.165) is 5.56 Å². The summed E-state index contributed by atoms with van der Waals surface area (Å²) >= 11 is 0. The van der Waals surface area contributed by atoms with E-state index in [1.807, 2.05) is 20.8 Å². The number of benzene rings is 1. The first-order valence-corrected chi connectivity index (χ1v) is 15.0. The third-order valence-electron chi connectivity index (χ3n) is 7.18. The first-order chi connectivity index (χ1) is 13.9. The zero-order chi connectivity index (χ0) is 24.0. The molecule has 1 aromatic carbocycles. The highest BCUT2D eigenvalue weighted by atomic mass is 32.2. The van der Waals surface area contributed by atoms with Crippen molar-refractivity contribution in [2.45, 2.75) is 96.2 Å². The number of hydrogen-bond acceptors (Lipinski definition) is 6. The minimum Gasteiger partial charge on any atom is -0.410 e. The van der Waals surface area contributed by atoms with Gasteiger partial charge in [-0.1, -0.05) is 38.5 Å². The van der Waals surface area contributed by atoms with Crippen molar-refractivity contribution in [1.82, 2.24) is 0 Å². The van der Waals surface area contributed by atoms with E-state index >= 15 is 0 Å². The highest BCUT2D eigenvalue weighted by molar-refractivity contribution is 7.86. The number of Topliss-reactive ketones (excluding diaryl/α,β-unsaturated/α-hetero) is 1. The predicted molar refractivity (Wildman–Crippen MR) is 124 cm³/mol. The van der Waals surface area contributed by atoms with Gasteiger partial charge in [0.25, 0.3) is 10.1 Å². The Kier molecular flexibility index (Phi) is 7.07. The van der Waals surface area contributed by atoms with E-state index in [0.29, 0.717) is 0 Å². The second kappa shape index (κ2) is 8.37. The van der Waals surface area contributed by atoms with Crippen molar-refractivity contribution >= 4 is 24.2 Å². The zero-order valence-corrected chi connectivity index (χ0v) is 22.3. The fourth-order valence-corrected chi connectivity index (χ4v) is 6.13. The Morgan fingerprint density at radius 1 is 1.16 bits per heavy atom. The molecule has 0 amide bonds. The van der Waals surface area contributed by atoms with Crippen molar-refractivity contribution < 1.29 is 26.6 Å². The minimum atomic E-state index is -3.98. The van der Waals surface area contributed by atoms with E-state index < -0.39 is 41.7 Å². The third kappa shape index (κ3) is 4.98. The van der Waals surface area contributed by atoms with E-state index in [4.69, 9.17) is 13.3 Å². The van der Waals surface area contributed by atoms with Crippen LogP contribution in [-0.2, 0) is 28.3 Å². The van der Waals surface area contributed by atoms with Gasteiger partial charge in [-0.2, -0.15) is 8.42 Å². The summed E-state index contributed by atoms with van der Waals surface area (Å²) in [6.07, 6.45) is -1.09. The van der Waals surface area contributed by atoms with Crippen LogP contribution in [0.5, 0.6) is 0 Å². The molecule has 31 heavy (non-hydrogen) atoms. The lowest BCUT2D eigenvalue weighted by molar-refractivity contribution is -0.131. The SMILES string of the molecule is CC(=O)[C@]1(C)[C@H](C)O[C@](C)(COS(=O)(=O)c2ccc(C)cc2)[C@H]1O[Si](C)(C)C(C)(C)C. The van der Waals surface area contributed by atoms with Gasteiger partial charge in [-0.15, -0.1) is 0 Å². The van der Waals surface area contributed by atoms with Crippen LogP contribution in [0.1, 0.15) is 54.0 Å². The lowest BCUT2D eigenvalue weighted by Crippen LogP contribution is -2.57. The molecule has 0 radical (unpaired) electrons. The molecule has 1 fully saturated rings. The van der Waals surface area contributed by atoms with Crippen LogP contribution < -0.4 is 0 Å². The summed E-state index contributed by atoms with van der Waals surface area (Å²) in [5.74, 6) is -0.0474. The first kappa shape index (κ1) is 26.2. The number of rotatable bonds is 7. The van der Waals surface area contributed by atoms with Crippen molar-refractivity contribution in [1.29, 1.82) is 0 Å². The predicted octanol–water partition coefficient (Wildman–Crippen LogP) is 4.86. The third-order valence-corrected chi connectivity index (χ3v) is 12.9. The molecule has 176 valence electrons. The summed E-state index contributed by atoms with van der Waals surface area (Å²) in [6, 6.07) is 6.49. The van der Waals surface area contributed by atoms with Gasteiger partial charge in [0.15, 0.2) is 8.32 Å². The number of hydrogen-bond donors (Lipinski definition) is 0. The lowest BCUT2D eigenvalue weighted by atomic mass is 9.74. The summed E-state index contributed by atoms with van der Waals surface area (Å²) < 4.78 is 44.0. The Hall–Kier alpha value is -1.06. The average molecular weight is 471 g/mol. The van der Waals surface area contributed by atoms with E-state index in [9.17, 15) is 13.2 Å². The summed E-state index contributed by atoms with van der Waals surface area (Å²) in [7, 11) is -6.29. The van der Waals surface area contributed by atoms with Crippen molar-refractivity contribution in [3.05, 3.63) is 29.8 Å². The van der Waals surface area contributed by atoms with Crippen LogP contribution in [0.3, 0.4) is 0 Å². The van der Waals surface area contributed by atoms with Crippen molar-refractivity contribution in [2.75, 3.05) is 6.61 Å². The molecule has 2 rings (SSSR count). The van der Waals surface area contributed by atoms with Crippen LogP contribution in [0.2, 0.25) is 18.1 Å². The molecule has 0 aliphatic carbocycles. The maximum absolute atomic E-state index is 12.8. The highest BCUT2D eigenvalue weighted by Gasteiger charge is 2.63. The van der Waals surface area contributed by atoms with Crippen LogP contribution >= 0.6 is 0 Å². The Bertz CT molecular complexity index is 918. The molecule has 1 aliphatic heterocycles. The van der Waals surface area contributed by atoms with Crippen LogP contribution in [0.25, 0.3) is 0 Å². The maximum Gasteiger partial charge on any atom is 0.297 e. The number of carbonyl (C=O) groups excluding carboxylic acids is 1. The molecular formula is C23H38O6SSi. The Labute approximate surface area is 188 Å².